The minimum Gasteiger partial charge on any atom is -0.493 e. The molecule has 0 aliphatic rings. The Labute approximate surface area is 177 Å². The van der Waals surface area contributed by atoms with Crippen molar-refractivity contribution in [1.29, 1.82) is 0 Å². The van der Waals surface area contributed by atoms with E-state index in [0.29, 0.717) is 57.2 Å². The number of likely N-dealkylation sites (N-methyl/N-ethyl adjacent to an activating group) is 1. The van der Waals surface area contributed by atoms with E-state index in [9.17, 15) is 14.9 Å². The minimum atomic E-state index is -0.441. The van der Waals surface area contributed by atoms with Gasteiger partial charge in [0.15, 0.2) is 11.5 Å². The number of nitrogens with zero attached hydrogens (tertiary/aromatic N) is 4. The molecular formula is C22H22N4O5. The third-order valence-electron chi connectivity index (χ3n) is 5.37. The first kappa shape index (κ1) is 20.5. The summed E-state index contributed by atoms with van der Waals surface area (Å²) >= 11 is 0. The maximum atomic E-state index is 13.6. The van der Waals surface area contributed by atoms with Crippen molar-refractivity contribution in [1.82, 2.24) is 14.5 Å². The monoisotopic (exact) mass is 422 g/mol. The number of non-ortho nitro benzene ring substituents is 1. The fraction of sp³-hybridized carbons (Fsp3) is 0.273. The number of benzene rings is 2. The van der Waals surface area contributed by atoms with E-state index < -0.39 is 4.92 Å². The molecule has 2 aromatic heterocycles. The number of methoxy groups -OCH3 is 2. The number of fused-ring (bicyclic) bond motifs is 5. The number of nitro groups is 1. The molecule has 4 rings (SSSR count). The Morgan fingerprint density at radius 1 is 1.10 bits per heavy atom. The molecular weight excluding hydrogens is 400 g/mol. The van der Waals surface area contributed by atoms with Crippen LogP contribution in [0, 0.1) is 10.1 Å². The SMILES string of the molecule is COc1cc2c(=O)n(CCN(C)C)c3c(cnc4cccc([N+](=O)[O-])c43)c2cc1OC. The van der Waals surface area contributed by atoms with Gasteiger partial charge < -0.3 is 18.9 Å². The van der Waals surface area contributed by atoms with Crippen LogP contribution in [-0.2, 0) is 6.54 Å². The zero-order chi connectivity index (χ0) is 22.3. The average molecular weight is 422 g/mol. The quantitative estimate of drug-likeness (QED) is 0.267. The summed E-state index contributed by atoms with van der Waals surface area (Å²) in [5.41, 5.74) is 0.604. The third-order valence-corrected chi connectivity index (χ3v) is 5.37. The van der Waals surface area contributed by atoms with Crippen molar-refractivity contribution in [2.75, 3.05) is 34.9 Å². The van der Waals surface area contributed by atoms with Gasteiger partial charge in [-0.15, -0.1) is 0 Å². The predicted molar refractivity (Wildman–Crippen MR) is 119 cm³/mol. The van der Waals surface area contributed by atoms with Gasteiger partial charge in [-0.25, -0.2) is 0 Å². The van der Waals surface area contributed by atoms with Crippen LogP contribution in [0.1, 0.15) is 0 Å². The molecule has 0 aliphatic heterocycles. The molecule has 0 N–H and O–H groups in total. The molecule has 9 heteroatoms. The lowest BCUT2D eigenvalue weighted by Gasteiger charge is -2.18. The number of pyridine rings is 2. The lowest BCUT2D eigenvalue weighted by molar-refractivity contribution is -0.383. The zero-order valence-electron chi connectivity index (χ0n) is 17.7. The van der Waals surface area contributed by atoms with Gasteiger partial charge in [-0.3, -0.25) is 19.9 Å². The summed E-state index contributed by atoms with van der Waals surface area (Å²) in [7, 11) is 6.84. The average Bonchev–Trinajstić information content (AvgIpc) is 2.76. The Balaban J connectivity index is 2.27. The van der Waals surface area contributed by atoms with Gasteiger partial charge in [-0.2, -0.15) is 0 Å². The Morgan fingerprint density at radius 2 is 1.77 bits per heavy atom. The highest BCUT2D eigenvalue weighted by Crippen LogP contribution is 2.37. The summed E-state index contributed by atoms with van der Waals surface area (Å²) in [6.45, 7) is 0.941. The molecule has 0 unspecified atom stereocenters. The Hall–Kier alpha value is -3.72. The van der Waals surface area contributed by atoms with Crippen LogP contribution in [0.3, 0.4) is 0 Å². The molecule has 0 bridgehead atoms. The topological polar surface area (TPSA) is 99.7 Å². The molecule has 160 valence electrons. The van der Waals surface area contributed by atoms with Crippen molar-refractivity contribution in [2.24, 2.45) is 0 Å². The zero-order valence-corrected chi connectivity index (χ0v) is 17.7. The van der Waals surface area contributed by atoms with Gasteiger partial charge in [0.1, 0.15) is 5.39 Å². The molecule has 31 heavy (non-hydrogen) atoms. The van der Waals surface area contributed by atoms with Crippen LogP contribution in [-0.4, -0.2) is 54.2 Å². The van der Waals surface area contributed by atoms with E-state index in [2.05, 4.69) is 4.98 Å². The van der Waals surface area contributed by atoms with Crippen molar-refractivity contribution in [3.63, 3.8) is 0 Å². The lowest BCUT2D eigenvalue weighted by Crippen LogP contribution is -2.27. The van der Waals surface area contributed by atoms with E-state index in [0.717, 1.165) is 0 Å². The summed E-state index contributed by atoms with van der Waals surface area (Å²) in [6.07, 6.45) is 1.65. The van der Waals surface area contributed by atoms with Crippen LogP contribution < -0.4 is 15.0 Å². The molecule has 2 heterocycles. The highest BCUT2D eigenvalue weighted by molar-refractivity contribution is 6.16. The molecule has 4 aromatic rings. The van der Waals surface area contributed by atoms with Crippen LogP contribution in [0.5, 0.6) is 11.5 Å². The molecule has 0 aliphatic carbocycles. The van der Waals surface area contributed by atoms with E-state index >= 15 is 0 Å². The van der Waals surface area contributed by atoms with Crippen molar-refractivity contribution in [3.8, 4) is 11.5 Å². The summed E-state index contributed by atoms with van der Waals surface area (Å²) < 4.78 is 12.4. The van der Waals surface area contributed by atoms with E-state index in [1.165, 1.54) is 20.3 Å². The highest BCUT2D eigenvalue weighted by Gasteiger charge is 2.22. The Kier molecular flexibility index (Phi) is 5.20. The summed E-state index contributed by atoms with van der Waals surface area (Å²) in [5.74, 6) is 0.898. The summed E-state index contributed by atoms with van der Waals surface area (Å²) in [5, 5.41) is 13.8. The first-order valence-electron chi connectivity index (χ1n) is 9.66. The van der Waals surface area contributed by atoms with Crippen molar-refractivity contribution in [3.05, 3.63) is 57.0 Å². The van der Waals surface area contributed by atoms with E-state index in [1.807, 2.05) is 19.0 Å². The fourth-order valence-electron chi connectivity index (χ4n) is 3.88. The molecule has 9 nitrogen and oxygen atoms in total. The second-order valence-corrected chi connectivity index (χ2v) is 7.46. The van der Waals surface area contributed by atoms with Crippen LogP contribution in [0.4, 0.5) is 5.69 Å². The van der Waals surface area contributed by atoms with Gasteiger partial charge in [0.05, 0.1) is 35.6 Å². The molecule has 0 atom stereocenters. The largest absolute Gasteiger partial charge is 0.493 e. The van der Waals surface area contributed by atoms with Crippen molar-refractivity contribution in [2.45, 2.75) is 6.54 Å². The molecule has 0 amide bonds. The minimum absolute atomic E-state index is 0.0894. The number of ether oxygens (including phenoxy) is 2. The first-order valence-corrected chi connectivity index (χ1v) is 9.66. The Morgan fingerprint density at radius 3 is 2.39 bits per heavy atom. The molecule has 0 spiro atoms. The Bertz CT molecular complexity index is 1390. The number of aromatic nitrogens is 2. The van der Waals surface area contributed by atoms with Gasteiger partial charge in [0, 0.05) is 36.1 Å². The van der Waals surface area contributed by atoms with Gasteiger partial charge in [0.2, 0.25) is 0 Å². The summed E-state index contributed by atoms with van der Waals surface area (Å²) in [6, 6.07) is 8.10. The predicted octanol–water partition coefficient (Wildman–Crippen LogP) is 3.19. The van der Waals surface area contributed by atoms with Gasteiger partial charge in [0.25, 0.3) is 11.2 Å². The second-order valence-electron chi connectivity index (χ2n) is 7.46. The number of hydrogen-bond donors (Lipinski definition) is 0. The fourth-order valence-corrected chi connectivity index (χ4v) is 3.88. The van der Waals surface area contributed by atoms with Crippen LogP contribution in [0.15, 0.2) is 41.3 Å². The second kappa shape index (κ2) is 7.84. The van der Waals surface area contributed by atoms with Crippen LogP contribution in [0.25, 0.3) is 32.6 Å². The van der Waals surface area contributed by atoms with E-state index in [4.69, 9.17) is 9.47 Å². The van der Waals surface area contributed by atoms with E-state index in [-0.39, 0.29) is 11.2 Å². The highest BCUT2D eigenvalue weighted by atomic mass is 16.6. The van der Waals surface area contributed by atoms with Crippen LogP contribution >= 0.6 is 0 Å². The van der Waals surface area contributed by atoms with Gasteiger partial charge in [-0.05, 0) is 32.3 Å². The molecule has 0 saturated heterocycles. The van der Waals surface area contributed by atoms with Gasteiger partial charge >= 0.3 is 0 Å². The normalized spacial score (nSPS) is 11.5. The van der Waals surface area contributed by atoms with Crippen molar-refractivity contribution < 1.29 is 14.4 Å². The standard InChI is InChI=1S/C22H22N4O5/c1-24(2)8-9-25-21-15(12-23-16-6-5-7-17(20(16)21)26(28)29)13-10-18(30-3)19(31-4)11-14(13)22(25)27/h5-7,10-12H,8-9H2,1-4H3. The smallest absolute Gasteiger partial charge is 0.280 e. The number of rotatable bonds is 6. The molecule has 0 saturated carbocycles. The maximum Gasteiger partial charge on any atom is 0.280 e. The van der Waals surface area contributed by atoms with Crippen LogP contribution in [0.2, 0.25) is 0 Å². The maximum absolute atomic E-state index is 13.6. The molecule has 0 radical (unpaired) electrons. The number of nitro benzene ring substituents is 1. The van der Waals surface area contributed by atoms with Gasteiger partial charge in [-0.1, -0.05) is 6.07 Å². The van der Waals surface area contributed by atoms with E-state index in [1.54, 1.807) is 35.0 Å². The number of hydrogen-bond acceptors (Lipinski definition) is 7. The molecule has 0 fully saturated rings. The third kappa shape index (κ3) is 3.32. The van der Waals surface area contributed by atoms with Crippen molar-refractivity contribution >= 4 is 38.3 Å². The summed E-state index contributed by atoms with van der Waals surface area (Å²) in [4.78, 5) is 31.4. The molecule has 2 aromatic carbocycles. The first-order chi connectivity index (χ1) is 14.9. The lowest BCUT2D eigenvalue weighted by atomic mass is 10.0.